The molecule has 3 atom stereocenters. The molecular formula is C21H31ClN6O5S. The number of ether oxygens (including phenoxy) is 3. The Morgan fingerprint density at radius 1 is 1.32 bits per heavy atom. The SMILES string of the molecule is CCCO[C@@H](c1ncc(Cl)cn1)[C@H](C)S(=O)(=O)Nc1nnc([C@@H]2CCOC2)n1C1(COC)CC1. The lowest BCUT2D eigenvalue weighted by molar-refractivity contribution is 0.0466. The number of nitrogens with one attached hydrogen (secondary N) is 1. The third-order valence-corrected chi connectivity index (χ3v) is 8.13. The molecule has 1 N–H and O–H groups in total. The van der Waals surface area contributed by atoms with Crippen LogP contribution in [0.15, 0.2) is 12.4 Å². The summed E-state index contributed by atoms with van der Waals surface area (Å²) in [6.07, 6.45) is 5.19. The summed E-state index contributed by atoms with van der Waals surface area (Å²) in [5, 5.41) is 7.96. The molecule has 188 valence electrons. The Morgan fingerprint density at radius 2 is 2.06 bits per heavy atom. The molecule has 0 spiro atoms. The van der Waals surface area contributed by atoms with Crippen molar-refractivity contribution in [2.45, 2.75) is 62.3 Å². The number of halogens is 1. The van der Waals surface area contributed by atoms with Crippen molar-refractivity contribution < 1.29 is 22.6 Å². The summed E-state index contributed by atoms with van der Waals surface area (Å²) >= 11 is 5.91. The standard InChI is InChI=1S/C21H31ClN6O5S/c1-4-8-33-17(18-23-10-16(22)11-24-18)14(2)34(29,30)27-20-26-25-19(15-5-9-32-12-15)28(20)21(6-7-21)13-31-3/h10-11,14-15,17H,4-9,12-13H2,1-3H3,(H,26,27)/t14-,15+,17+/m0/s1. The molecule has 1 saturated heterocycles. The second-order valence-electron chi connectivity index (χ2n) is 8.84. The van der Waals surface area contributed by atoms with Crippen molar-refractivity contribution in [3.05, 3.63) is 29.1 Å². The number of rotatable bonds is 12. The Kier molecular flexibility index (Phi) is 7.72. The molecular weight excluding hydrogens is 484 g/mol. The summed E-state index contributed by atoms with van der Waals surface area (Å²) in [4.78, 5) is 8.39. The van der Waals surface area contributed by atoms with Crippen molar-refractivity contribution in [1.82, 2.24) is 24.7 Å². The normalized spacial score (nSPS) is 21.4. The molecule has 4 rings (SSSR count). The Labute approximate surface area is 204 Å². The lowest BCUT2D eigenvalue weighted by Gasteiger charge is -2.25. The molecule has 34 heavy (non-hydrogen) atoms. The van der Waals surface area contributed by atoms with Gasteiger partial charge in [0.15, 0.2) is 5.82 Å². The van der Waals surface area contributed by atoms with Gasteiger partial charge in [-0.3, -0.25) is 9.29 Å². The largest absolute Gasteiger partial charge is 0.382 e. The highest BCUT2D eigenvalue weighted by molar-refractivity contribution is 7.93. The molecule has 2 fully saturated rings. The number of hydrogen-bond donors (Lipinski definition) is 1. The van der Waals surface area contributed by atoms with Gasteiger partial charge in [-0.15, -0.1) is 10.2 Å². The fourth-order valence-electron chi connectivity index (χ4n) is 4.19. The zero-order valence-electron chi connectivity index (χ0n) is 19.6. The lowest BCUT2D eigenvalue weighted by Crippen LogP contribution is -2.35. The van der Waals surface area contributed by atoms with Crippen LogP contribution in [0, 0.1) is 0 Å². The molecule has 0 aromatic carbocycles. The van der Waals surface area contributed by atoms with E-state index in [1.165, 1.54) is 12.4 Å². The van der Waals surface area contributed by atoms with E-state index in [4.69, 9.17) is 25.8 Å². The number of hydrogen-bond acceptors (Lipinski definition) is 9. The Bertz CT molecular complexity index is 1070. The minimum atomic E-state index is -3.96. The summed E-state index contributed by atoms with van der Waals surface area (Å²) in [5.74, 6) is 1.20. The van der Waals surface area contributed by atoms with Crippen molar-refractivity contribution in [2.75, 3.05) is 38.3 Å². The number of sulfonamides is 1. The summed E-state index contributed by atoms with van der Waals surface area (Å²) in [7, 11) is -2.33. The van der Waals surface area contributed by atoms with Crippen LogP contribution in [-0.2, 0) is 29.8 Å². The molecule has 0 amide bonds. The van der Waals surface area contributed by atoms with Gasteiger partial charge in [0.05, 0.1) is 23.8 Å². The average Bonchev–Trinajstić information content (AvgIpc) is 3.20. The second kappa shape index (κ2) is 10.4. The van der Waals surface area contributed by atoms with E-state index in [1.54, 1.807) is 14.0 Å². The maximum atomic E-state index is 13.5. The topological polar surface area (TPSA) is 130 Å². The Hall–Kier alpha value is -1.86. The van der Waals surface area contributed by atoms with Gasteiger partial charge in [0.25, 0.3) is 0 Å². The predicted molar refractivity (Wildman–Crippen MR) is 125 cm³/mol. The maximum absolute atomic E-state index is 13.5. The van der Waals surface area contributed by atoms with Crippen LogP contribution >= 0.6 is 11.6 Å². The lowest BCUT2D eigenvalue weighted by atomic mass is 10.1. The van der Waals surface area contributed by atoms with Crippen LogP contribution < -0.4 is 4.72 Å². The Morgan fingerprint density at radius 3 is 2.65 bits per heavy atom. The van der Waals surface area contributed by atoms with Gasteiger partial charge < -0.3 is 14.2 Å². The van der Waals surface area contributed by atoms with Gasteiger partial charge in [0.2, 0.25) is 16.0 Å². The van der Waals surface area contributed by atoms with Crippen molar-refractivity contribution in [3.8, 4) is 0 Å². The molecule has 0 unspecified atom stereocenters. The van der Waals surface area contributed by atoms with Crippen LogP contribution in [0.1, 0.15) is 63.2 Å². The van der Waals surface area contributed by atoms with Gasteiger partial charge in [-0.2, -0.15) is 0 Å². The highest BCUT2D eigenvalue weighted by Gasteiger charge is 2.49. The van der Waals surface area contributed by atoms with Gasteiger partial charge in [-0.1, -0.05) is 18.5 Å². The first-order valence-corrected chi connectivity index (χ1v) is 13.4. The third-order valence-electron chi connectivity index (χ3n) is 6.24. The van der Waals surface area contributed by atoms with Crippen LogP contribution in [0.5, 0.6) is 0 Å². The van der Waals surface area contributed by atoms with Gasteiger partial charge in [0, 0.05) is 38.6 Å². The molecule has 1 saturated carbocycles. The van der Waals surface area contributed by atoms with Crippen LogP contribution in [0.3, 0.4) is 0 Å². The van der Waals surface area contributed by atoms with E-state index in [-0.39, 0.29) is 23.2 Å². The average molecular weight is 515 g/mol. The monoisotopic (exact) mass is 514 g/mol. The third kappa shape index (κ3) is 5.20. The molecule has 1 aliphatic carbocycles. The fourth-order valence-corrected chi connectivity index (χ4v) is 5.39. The molecule has 0 bridgehead atoms. The quantitative estimate of drug-likeness (QED) is 0.454. The number of aromatic nitrogens is 5. The first kappa shape index (κ1) is 25.2. The second-order valence-corrected chi connectivity index (χ2v) is 11.3. The predicted octanol–water partition coefficient (Wildman–Crippen LogP) is 2.66. The molecule has 2 aromatic rings. The molecule has 11 nitrogen and oxygen atoms in total. The zero-order chi connectivity index (χ0) is 24.3. The summed E-state index contributed by atoms with van der Waals surface area (Å²) in [5.41, 5.74) is -0.366. The molecule has 0 radical (unpaired) electrons. The van der Waals surface area contributed by atoms with Crippen molar-refractivity contribution >= 4 is 27.6 Å². The zero-order valence-corrected chi connectivity index (χ0v) is 21.2. The van der Waals surface area contributed by atoms with E-state index in [0.29, 0.717) is 37.9 Å². The molecule has 2 aliphatic rings. The van der Waals surface area contributed by atoms with Crippen LogP contribution in [0.25, 0.3) is 0 Å². The molecule has 1 aliphatic heterocycles. The van der Waals surface area contributed by atoms with Crippen LogP contribution in [0.2, 0.25) is 5.02 Å². The highest BCUT2D eigenvalue weighted by atomic mass is 35.5. The number of nitrogens with zero attached hydrogens (tertiary/aromatic N) is 5. The first-order chi connectivity index (χ1) is 16.3. The maximum Gasteiger partial charge on any atom is 0.240 e. The fraction of sp³-hybridized carbons (Fsp3) is 0.714. The van der Waals surface area contributed by atoms with Crippen molar-refractivity contribution in [1.29, 1.82) is 0 Å². The first-order valence-electron chi connectivity index (χ1n) is 11.4. The number of anilines is 1. The van der Waals surface area contributed by atoms with E-state index in [0.717, 1.165) is 25.1 Å². The van der Waals surface area contributed by atoms with Crippen LogP contribution in [-0.4, -0.2) is 71.9 Å². The highest BCUT2D eigenvalue weighted by Crippen LogP contribution is 2.47. The molecule has 3 heterocycles. The minimum Gasteiger partial charge on any atom is -0.382 e. The van der Waals surface area contributed by atoms with E-state index in [9.17, 15) is 8.42 Å². The van der Waals surface area contributed by atoms with Crippen molar-refractivity contribution in [2.24, 2.45) is 0 Å². The van der Waals surface area contributed by atoms with Gasteiger partial charge in [0.1, 0.15) is 17.2 Å². The van der Waals surface area contributed by atoms with Gasteiger partial charge >= 0.3 is 0 Å². The van der Waals surface area contributed by atoms with Crippen molar-refractivity contribution in [3.63, 3.8) is 0 Å². The van der Waals surface area contributed by atoms with E-state index in [1.807, 2.05) is 11.5 Å². The molecule has 13 heteroatoms. The van der Waals surface area contributed by atoms with E-state index >= 15 is 0 Å². The number of methoxy groups -OCH3 is 1. The Balaban J connectivity index is 1.64. The summed E-state index contributed by atoms with van der Waals surface area (Å²) in [6.45, 7) is 5.48. The van der Waals surface area contributed by atoms with Crippen LogP contribution in [0.4, 0.5) is 5.95 Å². The smallest absolute Gasteiger partial charge is 0.240 e. The van der Waals surface area contributed by atoms with Gasteiger partial charge in [-0.05, 0) is 32.6 Å². The minimum absolute atomic E-state index is 0.0561. The van der Waals surface area contributed by atoms with E-state index < -0.39 is 21.4 Å². The summed E-state index contributed by atoms with van der Waals surface area (Å²) < 4.78 is 48.5. The summed E-state index contributed by atoms with van der Waals surface area (Å²) in [6, 6.07) is 0. The van der Waals surface area contributed by atoms with Gasteiger partial charge in [-0.25, -0.2) is 18.4 Å². The van der Waals surface area contributed by atoms with E-state index in [2.05, 4.69) is 24.9 Å². The molecule has 2 aromatic heterocycles.